The fraction of sp³-hybridized carbons (Fsp3) is 0.500. The number of amides is 1. The van der Waals surface area contributed by atoms with Crippen LogP contribution >= 0.6 is 11.3 Å². The van der Waals surface area contributed by atoms with Crippen LogP contribution in [-0.2, 0) is 26.0 Å². The van der Waals surface area contributed by atoms with E-state index in [9.17, 15) is 18.0 Å². The molecule has 0 saturated heterocycles. The molecular formula is C12H18N2O5S2. The highest BCUT2D eigenvalue weighted by Gasteiger charge is 2.23. The number of carbonyl (C=O) groups excluding carboxylic acids is 1. The normalized spacial score (nSPS) is 11.6. The predicted octanol–water partition coefficient (Wildman–Crippen LogP) is 0.522. The van der Waals surface area contributed by atoms with E-state index in [4.69, 9.17) is 5.11 Å². The maximum Gasteiger partial charge on any atom is 0.304 e. The highest BCUT2D eigenvalue weighted by Crippen LogP contribution is 2.24. The van der Waals surface area contributed by atoms with Crippen LogP contribution in [0.1, 0.15) is 18.2 Å². The van der Waals surface area contributed by atoms with Crippen LogP contribution in [0.4, 0.5) is 0 Å². The van der Waals surface area contributed by atoms with Gasteiger partial charge in [-0.05, 0) is 18.6 Å². The van der Waals surface area contributed by atoms with Gasteiger partial charge in [0.2, 0.25) is 5.91 Å². The van der Waals surface area contributed by atoms with E-state index in [-0.39, 0.29) is 23.1 Å². The molecule has 1 aromatic heterocycles. The lowest BCUT2D eigenvalue weighted by molar-refractivity contribution is -0.137. The standard InChI is InChI=1S/C12H18N2O5S2/c1-9(15)13-7-5-10-3-4-12(20-10)21(18,19)14(2)8-6-11(16)17/h3-4H,5-8H2,1-2H3,(H,13,15)(H,16,17). The van der Waals surface area contributed by atoms with Crippen molar-refractivity contribution in [3.05, 3.63) is 17.0 Å². The second-order valence-corrected chi connectivity index (χ2v) is 7.86. The van der Waals surface area contributed by atoms with E-state index in [2.05, 4.69) is 5.32 Å². The summed E-state index contributed by atoms with van der Waals surface area (Å²) in [7, 11) is -2.30. The van der Waals surface area contributed by atoms with E-state index >= 15 is 0 Å². The van der Waals surface area contributed by atoms with Gasteiger partial charge in [0.15, 0.2) is 0 Å². The van der Waals surface area contributed by atoms with E-state index < -0.39 is 16.0 Å². The molecule has 7 nitrogen and oxygen atoms in total. The molecule has 0 aromatic carbocycles. The van der Waals surface area contributed by atoms with Gasteiger partial charge in [0.25, 0.3) is 10.0 Å². The first-order valence-electron chi connectivity index (χ1n) is 6.24. The van der Waals surface area contributed by atoms with E-state index in [1.807, 2.05) is 0 Å². The average molecular weight is 334 g/mol. The van der Waals surface area contributed by atoms with E-state index in [0.717, 1.165) is 20.5 Å². The minimum absolute atomic E-state index is 0.0726. The highest BCUT2D eigenvalue weighted by molar-refractivity contribution is 7.91. The number of aliphatic carboxylic acids is 1. The zero-order valence-corrected chi connectivity index (χ0v) is 13.5. The summed E-state index contributed by atoms with van der Waals surface area (Å²) in [6.45, 7) is 1.79. The van der Waals surface area contributed by atoms with E-state index in [0.29, 0.717) is 13.0 Å². The third-order valence-corrected chi connectivity index (χ3v) is 6.16. The summed E-state index contributed by atoms with van der Waals surface area (Å²) >= 11 is 1.13. The molecule has 1 amide bonds. The van der Waals surface area contributed by atoms with Crippen molar-refractivity contribution in [1.82, 2.24) is 9.62 Å². The molecule has 1 heterocycles. The average Bonchev–Trinajstić information content (AvgIpc) is 2.84. The van der Waals surface area contributed by atoms with Crippen molar-refractivity contribution in [3.63, 3.8) is 0 Å². The number of carboxylic acids is 1. The highest BCUT2D eigenvalue weighted by atomic mass is 32.2. The van der Waals surface area contributed by atoms with Crippen LogP contribution in [0.2, 0.25) is 0 Å². The lowest BCUT2D eigenvalue weighted by Crippen LogP contribution is -2.28. The van der Waals surface area contributed by atoms with Gasteiger partial charge in [-0.3, -0.25) is 9.59 Å². The number of nitrogens with one attached hydrogen (secondary N) is 1. The Kier molecular flexibility index (Phi) is 6.31. The molecule has 0 fully saturated rings. The maximum absolute atomic E-state index is 12.2. The molecule has 118 valence electrons. The van der Waals surface area contributed by atoms with Gasteiger partial charge in [0.1, 0.15) is 4.21 Å². The monoisotopic (exact) mass is 334 g/mol. The van der Waals surface area contributed by atoms with Crippen molar-refractivity contribution in [2.45, 2.75) is 24.0 Å². The van der Waals surface area contributed by atoms with Crippen LogP contribution in [0.3, 0.4) is 0 Å². The summed E-state index contributed by atoms with van der Waals surface area (Å²) in [5, 5.41) is 11.2. The molecule has 1 rings (SSSR count). The molecule has 0 aliphatic carbocycles. The third-order valence-electron chi connectivity index (χ3n) is 2.69. The second kappa shape index (κ2) is 7.53. The molecule has 0 aliphatic heterocycles. The summed E-state index contributed by atoms with van der Waals surface area (Å²) in [5.41, 5.74) is 0. The first-order valence-corrected chi connectivity index (χ1v) is 8.50. The van der Waals surface area contributed by atoms with E-state index in [1.54, 1.807) is 6.07 Å². The van der Waals surface area contributed by atoms with Crippen LogP contribution in [-0.4, -0.2) is 49.8 Å². The molecule has 0 atom stereocenters. The van der Waals surface area contributed by atoms with Crippen LogP contribution in [0, 0.1) is 0 Å². The fourth-order valence-electron chi connectivity index (χ4n) is 1.52. The number of rotatable bonds is 8. The minimum Gasteiger partial charge on any atom is -0.481 e. The van der Waals surface area contributed by atoms with Gasteiger partial charge < -0.3 is 10.4 Å². The lowest BCUT2D eigenvalue weighted by atomic mass is 10.3. The van der Waals surface area contributed by atoms with Crippen molar-refractivity contribution in [1.29, 1.82) is 0 Å². The Labute approximate surface area is 127 Å². The van der Waals surface area contributed by atoms with Gasteiger partial charge in [0, 0.05) is 31.9 Å². The topological polar surface area (TPSA) is 104 Å². The summed E-state index contributed by atoms with van der Waals surface area (Å²) in [4.78, 5) is 22.1. The largest absolute Gasteiger partial charge is 0.481 e. The lowest BCUT2D eigenvalue weighted by Gasteiger charge is -2.14. The summed E-state index contributed by atoms with van der Waals surface area (Å²) in [6, 6.07) is 3.20. The number of nitrogens with zero attached hydrogens (tertiary/aromatic N) is 1. The van der Waals surface area contributed by atoms with Crippen LogP contribution in [0.15, 0.2) is 16.3 Å². The first kappa shape index (κ1) is 17.6. The number of sulfonamides is 1. The molecule has 2 N–H and O–H groups in total. The molecule has 0 radical (unpaired) electrons. The third kappa shape index (κ3) is 5.44. The molecule has 0 saturated carbocycles. The Balaban J connectivity index is 2.69. The van der Waals surface area contributed by atoms with Crippen molar-refractivity contribution >= 4 is 33.2 Å². The Morgan fingerprint density at radius 3 is 2.62 bits per heavy atom. The van der Waals surface area contributed by atoms with Gasteiger partial charge in [-0.15, -0.1) is 11.3 Å². The molecule has 9 heteroatoms. The van der Waals surface area contributed by atoms with Gasteiger partial charge >= 0.3 is 5.97 Å². The smallest absolute Gasteiger partial charge is 0.304 e. The number of carbonyl (C=O) groups is 2. The summed E-state index contributed by atoms with van der Waals surface area (Å²) in [6.07, 6.45) is 0.315. The van der Waals surface area contributed by atoms with Gasteiger partial charge in [-0.1, -0.05) is 0 Å². The Morgan fingerprint density at radius 1 is 1.38 bits per heavy atom. The fourth-order valence-corrected chi connectivity index (χ4v) is 4.26. The molecular weight excluding hydrogens is 316 g/mol. The zero-order chi connectivity index (χ0) is 16.0. The van der Waals surface area contributed by atoms with Crippen molar-refractivity contribution < 1.29 is 23.1 Å². The molecule has 0 aliphatic rings. The van der Waals surface area contributed by atoms with E-state index in [1.165, 1.54) is 20.0 Å². The van der Waals surface area contributed by atoms with Crippen LogP contribution in [0.5, 0.6) is 0 Å². The number of hydrogen-bond donors (Lipinski definition) is 2. The first-order chi connectivity index (χ1) is 9.73. The Hall–Kier alpha value is -1.45. The maximum atomic E-state index is 12.2. The van der Waals surface area contributed by atoms with Crippen LogP contribution < -0.4 is 5.32 Å². The predicted molar refractivity (Wildman–Crippen MR) is 78.8 cm³/mol. The van der Waals surface area contributed by atoms with Crippen molar-refractivity contribution in [3.8, 4) is 0 Å². The minimum atomic E-state index is -3.65. The van der Waals surface area contributed by atoms with Gasteiger partial charge in [-0.2, -0.15) is 4.31 Å². The Bertz CT molecular complexity index is 609. The summed E-state index contributed by atoms with van der Waals surface area (Å²) < 4.78 is 25.6. The molecule has 0 bridgehead atoms. The quantitative estimate of drug-likeness (QED) is 0.721. The SMILES string of the molecule is CC(=O)NCCc1ccc(S(=O)(=O)N(C)CCC(=O)O)s1. The number of thiophene rings is 1. The van der Waals surface area contributed by atoms with Gasteiger partial charge in [-0.25, -0.2) is 8.42 Å². The van der Waals surface area contributed by atoms with Crippen molar-refractivity contribution in [2.75, 3.05) is 20.1 Å². The number of carboxylic acid groups (broad SMARTS) is 1. The second-order valence-electron chi connectivity index (χ2n) is 4.42. The van der Waals surface area contributed by atoms with Crippen LogP contribution in [0.25, 0.3) is 0 Å². The summed E-state index contributed by atoms with van der Waals surface area (Å²) in [5.74, 6) is -1.17. The molecule has 1 aromatic rings. The molecule has 21 heavy (non-hydrogen) atoms. The Morgan fingerprint density at radius 2 is 2.05 bits per heavy atom. The van der Waals surface area contributed by atoms with Gasteiger partial charge in [0.05, 0.1) is 6.42 Å². The van der Waals surface area contributed by atoms with Crippen molar-refractivity contribution in [2.24, 2.45) is 0 Å². The number of hydrogen-bond acceptors (Lipinski definition) is 5. The zero-order valence-electron chi connectivity index (χ0n) is 11.8. The molecule has 0 spiro atoms. The molecule has 0 unspecified atom stereocenters.